The zero-order chi connectivity index (χ0) is 47.8. The van der Waals surface area contributed by atoms with Crippen molar-refractivity contribution in [3.63, 3.8) is 0 Å². The Morgan fingerprint density at radius 2 is 0.492 bits per heavy atom. The molecule has 330 valence electrons. The van der Waals surface area contributed by atoms with Crippen LogP contribution in [0.1, 0.15) is 0 Å². The summed E-state index contributed by atoms with van der Waals surface area (Å²) in [7, 11) is -14.7. The molecule has 0 bridgehead atoms. The number of hydrogen-bond donors (Lipinski definition) is 0. The van der Waals surface area contributed by atoms with E-state index in [9.17, 15) is 115 Å². The molecule has 0 spiro atoms. The van der Waals surface area contributed by atoms with Crippen molar-refractivity contribution in [2.45, 2.75) is 14.7 Å². The van der Waals surface area contributed by atoms with E-state index in [-0.39, 0.29) is 50.9 Å². The Hall–Kier alpha value is -7.31. The molecule has 0 aliphatic rings. The van der Waals surface area contributed by atoms with Crippen LogP contribution in [0, 0.1) is 60.7 Å². The number of fused-ring (bicyclic) bond motifs is 3. The molecule has 0 amide bonds. The van der Waals surface area contributed by atoms with Gasteiger partial charge in [0.05, 0.1) is 78.6 Å². The predicted octanol–water partition coefficient (Wildman–Crippen LogP) is 1.14. The second kappa shape index (κ2) is 19.6. The van der Waals surface area contributed by atoms with E-state index >= 15 is 0 Å². The van der Waals surface area contributed by atoms with E-state index in [0.717, 1.165) is 36.4 Å². The summed E-state index contributed by atoms with van der Waals surface area (Å²) in [5, 5.41) is 97.8. The Labute approximate surface area is 379 Å². The first-order chi connectivity index (χ1) is 28.9. The Bertz CT molecular complexity index is 3040. The minimum atomic E-state index is -4.91. The first kappa shape index (κ1) is 53.8. The molecule has 30 nitrogen and oxygen atoms in total. The summed E-state index contributed by atoms with van der Waals surface area (Å²) in [4.78, 5) is 56.2. The average Bonchev–Trinajstić information content (AvgIpc) is 3.16. The van der Waals surface area contributed by atoms with E-state index in [0.29, 0.717) is 36.4 Å². The van der Waals surface area contributed by atoms with Gasteiger partial charge in [-0.05, 0) is 88.0 Å². The number of nitro benzene ring substituents is 6. The van der Waals surface area contributed by atoms with Crippen molar-refractivity contribution in [3.05, 3.63) is 133 Å². The Morgan fingerprint density at radius 1 is 0.308 bits per heavy atom. The standard InChI is InChI=1S/3C10H6N2O8S.2Al/c3*13-10-7-3-5(21(18,19)20)1-2-6(7)8(11(14)15)4-9(10)12(16)17;;/h3*1-4,13H,(H,18,19,20);;/q;;;2*+3/p-6. The van der Waals surface area contributed by atoms with Crippen LogP contribution < -0.4 is 15.3 Å². The van der Waals surface area contributed by atoms with Crippen LogP contribution in [-0.4, -0.2) is 103 Å². The zero-order valence-corrected chi connectivity index (χ0v) is 35.5. The summed E-state index contributed by atoms with van der Waals surface area (Å²) in [6.07, 6.45) is 0. The summed E-state index contributed by atoms with van der Waals surface area (Å²) in [5.74, 6) is -3.61. The third kappa shape index (κ3) is 11.5. The predicted molar refractivity (Wildman–Crippen MR) is 206 cm³/mol. The van der Waals surface area contributed by atoms with E-state index in [1.165, 1.54) is 0 Å². The minimum Gasteiger partial charge on any atom is -0.867 e. The normalized spacial score (nSPS) is 11.1. The van der Waals surface area contributed by atoms with E-state index in [4.69, 9.17) is 0 Å². The third-order valence-electron chi connectivity index (χ3n) is 8.10. The SMILES string of the molecule is O=[N+]([O-])c1cc([N+](=O)[O-])c2ccc(S(=O)(=O)[O-])cc2c1[O-].O=[N+]([O-])c1cc([N+](=O)[O-])c2ccc(S(=O)(=O)[O-])cc2c1[O-].O=[N+]([O-])c1cc([N+](=O)[O-])c2ccc(S(=O)(=O)[O-])cc2c1[O-].[Al+3].[Al+3]. The molecular formula is C30H12Al2N6O24S3. The molecule has 0 aromatic heterocycles. The number of hydrogen-bond acceptors (Lipinski definition) is 24. The second-order valence-electron chi connectivity index (χ2n) is 11.8. The van der Waals surface area contributed by atoms with Crippen LogP contribution in [-0.2, 0) is 30.4 Å². The number of rotatable bonds is 9. The van der Waals surface area contributed by atoms with Crippen LogP contribution in [0.2, 0.25) is 0 Å². The fourth-order valence-corrected chi connectivity index (χ4v) is 6.85. The average molecular weight is 991 g/mol. The summed E-state index contributed by atoms with van der Waals surface area (Å²) in [6.45, 7) is 0. The topological polar surface area (TPSA) is 500 Å². The van der Waals surface area contributed by atoms with Crippen molar-refractivity contribution >= 4 is 132 Å². The Balaban J connectivity index is 0.000000330. The molecule has 0 saturated carbocycles. The maximum atomic E-state index is 11.9. The van der Waals surface area contributed by atoms with Crippen LogP contribution in [0.4, 0.5) is 34.1 Å². The zero-order valence-electron chi connectivity index (χ0n) is 30.8. The maximum Gasteiger partial charge on any atom is 3.00 e. The monoisotopic (exact) mass is 990 g/mol. The molecule has 0 atom stereocenters. The fourth-order valence-electron chi connectivity index (χ4n) is 5.36. The quantitative estimate of drug-likeness (QED) is 0.0848. The summed E-state index contributed by atoms with van der Waals surface area (Å²) in [6, 6.07) is 8.34. The largest absolute Gasteiger partial charge is 3.00 e. The molecule has 0 aliphatic heterocycles. The number of non-ortho nitro benzene ring substituents is 3. The van der Waals surface area contributed by atoms with Crippen LogP contribution in [0.25, 0.3) is 32.3 Å². The number of nitro groups is 6. The molecule has 0 aliphatic carbocycles. The van der Waals surface area contributed by atoms with Crippen LogP contribution >= 0.6 is 0 Å². The van der Waals surface area contributed by atoms with Crippen molar-refractivity contribution in [1.82, 2.24) is 0 Å². The molecule has 0 unspecified atom stereocenters. The molecular weight excluding hydrogens is 979 g/mol. The van der Waals surface area contributed by atoms with Gasteiger partial charge in [0.2, 0.25) is 0 Å². The molecule has 6 aromatic rings. The molecule has 0 N–H and O–H groups in total. The van der Waals surface area contributed by atoms with E-state index < -0.39 is 142 Å². The van der Waals surface area contributed by atoms with Gasteiger partial charge in [-0.15, -0.1) is 0 Å². The minimum absolute atomic E-state index is 0. The molecule has 6 rings (SSSR count). The van der Waals surface area contributed by atoms with Crippen LogP contribution in [0.5, 0.6) is 17.2 Å². The maximum absolute atomic E-state index is 11.9. The molecule has 65 heavy (non-hydrogen) atoms. The van der Waals surface area contributed by atoms with E-state index in [1.54, 1.807) is 0 Å². The smallest absolute Gasteiger partial charge is 0.867 e. The van der Waals surface area contributed by atoms with Gasteiger partial charge in [0.25, 0.3) is 34.1 Å². The van der Waals surface area contributed by atoms with Crippen LogP contribution in [0.3, 0.4) is 0 Å². The fraction of sp³-hybridized carbons (Fsp3) is 0. The van der Waals surface area contributed by atoms with Gasteiger partial charge in [-0.2, -0.15) is 0 Å². The van der Waals surface area contributed by atoms with Crippen molar-refractivity contribution in [3.8, 4) is 17.2 Å². The summed E-state index contributed by atoms with van der Waals surface area (Å²) < 4.78 is 98.1. The van der Waals surface area contributed by atoms with Crippen molar-refractivity contribution in [2.75, 3.05) is 0 Å². The number of nitrogens with zero attached hydrogens (tertiary/aromatic N) is 6. The van der Waals surface area contributed by atoms with Gasteiger partial charge in [0.1, 0.15) is 30.4 Å². The Morgan fingerprint density at radius 3 is 0.646 bits per heavy atom. The van der Waals surface area contributed by atoms with Gasteiger partial charge < -0.3 is 29.0 Å². The molecule has 6 aromatic carbocycles. The van der Waals surface area contributed by atoms with Gasteiger partial charge >= 0.3 is 34.7 Å². The molecule has 0 heterocycles. The molecule has 0 radical (unpaired) electrons. The van der Waals surface area contributed by atoms with Crippen molar-refractivity contribution in [1.29, 1.82) is 0 Å². The van der Waals surface area contributed by atoms with E-state index in [2.05, 4.69) is 0 Å². The Kier molecular flexibility index (Phi) is 16.2. The second-order valence-corrected chi connectivity index (χ2v) is 15.9. The summed E-state index contributed by atoms with van der Waals surface area (Å²) >= 11 is 0. The third-order valence-corrected chi connectivity index (χ3v) is 10.6. The van der Waals surface area contributed by atoms with Crippen molar-refractivity contribution < 1.29 is 83.8 Å². The first-order valence-electron chi connectivity index (χ1n) is 15.5. The van der Waals surface area contributed by atoms with E-state index in [1.807, 2.05) is 0 Å². The van der Waals surface area contributed by atoms with Gasteiger partial charge in [0.15, 0.2) is 0 Å². The first-order valence-corrected chi connectivity index (χ1v) is 19.7. The van der Waals surface area contributed by atoms with Crippen LogP contribution in [0.15, 0.2) is 87.5 Å². The number of benzene rings is 6. The van der Waals surface area contributed by atoms with Gasteiger partial charge in [-0.3, -0.25) is 60.7 Å². The molecule has 0 fully saturated rings. The molecule has 0 saturated heterocycles. The van der Waals surface area contributed by atoms with Crippen molar-refractivity contribution in [2.24, 2.45) is 0 Å². The molecule has 35 heteroatoms. The van der Waals surface area contributed by atoms with Gasteiger partial charge in [-0.1, -0.05) is 0 Å². The van der Waals surface area contributed by atoms with Gasteiger partial charge in [0, 0.05) is 0 Å². The van der Waals surface area contributed by atoms with Gasteiger partial charge in [-0.25, -0.2) is 25.3 Å². The summed E-state index contributed by atoms with van der Waals surface area (Å²) in [5.41, 5.74) is -5.41.